The number of hydrogen-bond acceptors (Lipinski definition) is 6. The molecule has 0 aliphatic carbocycles. The molecule has 0 rings (SSSR count). The van der Waals surface area contributed by atoms with Gasteiger partial charge in [0.25, 0.3) is 0 Å². The molecule has 0 aromatic rings. The van der Waals surface area contributed by atoms with E-state index in [9.17, 15) is 19.0 Å². The molecule has 3 unspecified atom stereocenters. The van der Waals surface area contributed by atoms with E-state index in [0.717, 1.165) is 161 Å². The molecule has 1 amide bonds. The van der Waals surface area contributed by atoms with Crippen molar-refractivity contribution in [2.75, 3.05) is 40.9 Å². The molecule has 0 radical (unpaired) electrons. The zero-order valence-electron chi connectivity index (χ0n) is 60.0. The van der Waals surface area contributed by atoms with Gasteiger partial charge in [0.1, 0.15) is 19.3 Å². The van der Waals surface area contributed by atoms with Gasteiger partial charge in [-0.3, -0.25) is 18.6 Å². The van der Waals surface area contributed by atoms with Crippen LogP contribution in [0.5, 0.6) is 0 Å². The van der Waals surface area contributed by atoms with Crippen molar-refractivity contribution in [3.8, 4) is 0 Å². The predicted molar refractivity (Wildman–Crippen MR) is 401 cm³/mol. The van der Waals surface area contributed by atoms with Crippen LogP contribution in [0, 0.1) is 0 Å². The predicted octanol–water partition coefficient (Wildman–Crippen LogP) is 24.3. The SMILES string of the molecule is CC/C=C\C/C=C\C/C=C\C/C=C\C/C=C\C/C=C\CCCCCCCCCCC(=O)NC(COP(=O)(O)OCC[N+](C)(C)C)C(/C=C/CCCCCCCCCCCC)OC(=O)CCCCCCCCCC/C=C\C/C=C\C/C=C\C/C=C\C/C=C\C/C=C\CC. The number of nitrogens with zero attached hydrogens (tertiary/aromatic N) is 1. The molecule has 0 fully saturated rings. The van der Waals surface area contributed by atoms with Crippen molar-refractivity contribution in [3.63, 3.8) is 0 Å². The Morgan fingerprint density at radius 3 is 1.04 bits per heavy atom. The van der Waals surface area contributed by atoms with Gasteiger partial charge >= 0.3 is 13.8 Å². The van der Waals surface area contributed by atoms with E-state index in [1.807, 2.05) is 33.3 Å². The number of quaternary nitrogens is 1. The molecule has 10 heteroatoms. The molecule has 0 saturated heterocycles. The number of hydrogen-bond donors (Lipinski definition) is 2. The number of phosphoric acid groups is 1. The standard InChI is InChI=1S/C82H139N2O7P/c1-7-10-13-16-19-22-25-28-30-32-34-36-38-40-42-44-46-48-50-52-54-56-59-62-65-68-71-74-81(85)83-79(78-90-92(87,88)89-77-76-84(4,5)6)80(73-70-67-64-61-58-27-24-21-18-15-12-9-3)91-82(86)75-72-69-66-63-60-57-55-53-51-49-47-45-43-41-39-37-35-33-31-29-26-23-20-17-14-11-8-2/h10-11,13-14,19-20,22-23,28-31,34-37,40-43,46-49,70,73,79-80H,7-9,12,15-18,21,24-27,32-33,38-39,44-45,50-69,71-72,74-78H2,1-6H3,(H-,83,85,87,88)/p+1/b13-10-,14-11-,22-19-,23-20-,30-28-,31-29-,36-34-,37-35-,42-40-,43-41-,48-46-,49-47-,73-70+. The van der Waals surface area contributed by atoms with Gasteiger partial charge in [0.05, 0.1) is 33.8 Å². The fourth-order valence-electron chi connectivity index (χ4n) is 10.1. The zero-order chi connectivity index (χ0) is 67.0. The van der Waals surface area contributed by atoms with Crippen molar-refractivity contribution in [2.45, 2.75) is 309 Å². The van der Waals surface area contributed by atoms with Crippen LogP contribution in [0.3, 0.4) is 0 Å². The third-order valence-electron chi connectivity index (χ3n) is 15.7. The Hall–Kier alpha value is -4.37. The highest BCUT2D eigenvalue weighted by Gasteiger charge is 2.30. The van der Waals surface area contributed by atoms with Crippen LogP contribution in [0.25, 0.3) is 0 Å². The molecule has 2 N–H and O–H groups in total. The first-order chi connectivity index (χ1) is 44.9. The summed E-state index contributed by atoms with van der Waals surface area (Å²) >= 11 is 0. The van der Waals surface area contributed by atoms with E-state index >= 15 is 0 Å². The van der Waals surface area contributed by atoms with E-state index < -0.39 is 20.0 Å². The first-order valence-corrected chi connectivity index (χ1v) is 38.8. The van der Waals surface area contributed by atoms with Crippen LogP contribution < -0.4 is 5.32 Å². The molecular weight excluding hydrogens is 1160 g/mol. The number of allylic oxidation sites excluding steroid dienone is 25. The fourth-order valence-corrected chi connectivity index (χ4v) is 10.8. The molecule has 0 saturated carbocycles. The smallest absolute Gasteiger partial charge is 0.456 e. The first-order valence-electron chi connectivity index (χ1n) is 37.3. The summed E-state index contributed by atoms with van der Waals surface area (Å²) < 4.78 is 30.9. The van der Waals surface area contributed by atoms with Gasteiger partial charge in [0, 0.05) is 12.8 Å². The van der Waals surface area contributed by atoms with E-state index in [1.54, 1.807) is 0 Å². The number of amides is 1. The quantitative estimate of drug-likeness (QED) is 0.0205. The highest BCUT2D eigenvalue weighted by molar-refractivity contribution is 7.47. The largest absolute Gasteiger partial charge is 0.472 e. The number of rotatable bonds is 66. The van der Waals surface area contributed by atoms with Crippen LogP contribution in [-0.2, 0) is 27.9 Å². The van der Waals surface area contributed by atoms with Crippen molar-refractivity contribution < 1.29 is 37.3 Å². The zero-order valence-corrected chi connectivity index (χ0v) is 60.9. The van der Waals surface area contributed by atoms with E-state index in [4.69, 9.17) is 13.8 Å². The molecule has 9 nitrogen and oxygen atoms in total. The number of unbranched alkanes of at least 4 members (excludes halogenated alkanes) is 26. The Morgan fingerprint density at radius 2 is 0.696 bits per heavy atom. The molecule has 92 heavy (non-hydrogen) atoms. The molecule has 0 aromatic carbocycles. The van der Waals surface area contributed by atoms with Gasteiger partial charge < -0.3 is 19.4 Å². The van der Waals surface area contributed by atoms with Crippen molar-refractivity contribution >= 4 is 19.7 Å². The molecule has 0 aromatic heterocycles. The average molecular weight is 1300 g/mol. The maximum atomic E-state index is 13.6. The first kappa shape index (κ1) is 87.6. The summed E-state index contributed by atoms with van der Waals surface area (Å²) in [5.74, 6) is -0.531. The molecule has 0 aliphatic heterocycles. The summed E-state index contributed by atoms with van der Waals surface area (Å²) in [6.07, 6.45) is 103. The van der Waals surface area contributed by atoms with E-state index in [0.29, 0.717) is 17.4 Å². The van der Waals surface area contributed by atoms with Crippen LogP contribution in [0.15, 0.2) is 158 Å². The van der Waals surface area contributed by atoms with Crippen molar-refractivity contribution in [3.05, 3.63) is 158 Å². The van der Waals surface area contributed by atoms with Gasteiger partial charge in [-0.25, -0.2) is 4.57 Å². The summed E-state index contributed by atoms with van der Waals surface area (Å²) in [5.41, 5.74) is 0. The van der Waals surface area contributed by atoms with Crippen LogP contribution in [0.2, 0.25) is 0 Å². The number of esters is 1. The van der Waals surface area contributed by atoms with Crippen LogP contribution in [0.4, 0.5) is 0 Å². The van der Waals surface area contributed by atoms with Crippen LogP contribution in [-0.4, -0.2) is 74.3 Å². The Bertz CT molecular complexity index is 2130. The van der Waals surface area contributed by atoms with Crippen LogP contribution >= 0.6 is 7.82 Å². The third kappa shape index (κ3) is 70.0. The van der Waals surface area contributed by atoms with Gasteiger partial charge in [-0.05, 0) is 134 Å². The van der Waals surface area contributed by atoms with E-state index in [-0.39, 0.29) is 31.5 Å². The molecule has 0 spiro atoms. The summed E-state index contributed by atoms with van der Waals surface area (Å²) in [4.78, 5) is 38.0. The molecule has 0 heterocycles. The molecule has 0 aliphatic rings. The minimum Gasteiger partial charge on any atom is -0.456 e. The van der Waals surface area contributed by atoms with Gasteiger partial charge in [0.15, 0.2) is 0 Å². The second-order valence-corrected chi connectivity index (χ2v) is 27.2. The number of ether oxygens (including phenoxy) is 1. The maximum absolute atomic E-state index is 13.6. The van der Waals surface area contributed by atoms with Gasteiger partial charge in [-0.1, -0.05) is 308 Å². The summed E-state index contributed by atoms with van der Waals surface area (Å²) in [6, 6.07) is -0.870. The number of carbonyl (C=O) groups is 2. The second-order valence-electron chi connectivity index (χ2n) is 25.7. The molecule has 3 atom stereocenters. The lowest BCUT2D eigenvalue weighted by atomic mass is 10.0. The monoisotopic (exact) mass is 1300 g/mol. The highest BCUT2D eigenvalue weighted by Crippen LogP contribution is 2.43. The number of phosphoric ester groups is 1. The third-order valence-corrected chi connectivity index (χ3v) is 16.7. The van der Waals surface area contributed by atoms with Gasteiger partial charge in [0.2, 0.25) is 5.91 Å². The van der Waals surface area contributed by atoms with Crippen LogP contribution in [0.1, 0.15) is 297 Å². The van der Waals surface area contributed by atoms with Gasteiger partial charge in [-0.15, -0.1) is 0 Å². The summed E-state index contributed by atoms with van der Waals surface area (Å²) in [6.45, 7) is 6.77. The van der Waals surface area contributed by atoms with Crippen molar-refractivity contribution in [2.24, 2.45) is 0 Å². The Balaban J connectivity index is 5.08. The number of likely N-dealkylation sites (N-methyl/N-ethyl adjacent to an activating group) is 1. The average Bonchev–Trinajstić information content (AvgIpc) is 3.69. The topological polar surface area (TPSA) is 111 Å². The lowest BCUT2D eigenvalue weighted by Crippen LogP contribution is -2.47. The molecule has 0 bridgehead atoms. The molecule has 524 valence electrons. The normalized spacial score (nSPS) is 14.4. The summed E-state index contributed by atoms with van der Waals surface area (Å²) in [5, 5.41) is 3.06. The Labute approximate surface area is 567 Å². The van der Waals surface area contributed by atoms with Crippen molar-refractivity contribution in [1.82, 2.24) is 5.32 Å². The van der Waals surface area contributed by atoms with Crippen molar-refractivity contribution in [1.29, 1.82) is 0 Å². The Morgan fingerprint density at radius 1 is 0.391 bits per heavy atom. The van der Waals surface area contributed by atoms with E-state index in [1.165, 1.54) is 103 Å². The maximum Gasteiger partial charge on any atom is 0.472 e. The highest BCUT2D eigenvalue weighted by atomic mass is 31.2. The second kappa shape index (κ2) is 69.5. The Kier molecular flexibility index (Phi) is 66.2. The lowest BCUT2D eigenvalue weighted by Gasteiger charge is -2.27. The minimum absolute atomic E-state index is 0.0286. The minimum atomic E-state index is -4.47. The molecular formula is C82H140N2O7P+. The number of nitrogens with one attached hydrogen (secondary N) is 1. The van der Waals surface area contributed by atoms with E-state index in [2.05, 4.69) is 172 Å². The fraction of sp³-hybridized carbons (Fsp3) is 0.659. The van der Waals surface area contributed by atoms with Gasteiger partial charge in [-0.2, -0.15) is 0 Å². The lowest BCUT2D eigenvalue weighted by molar-refractivity contribution is -0.870. The summed E-state index contributed by atoms with van der Waals surface area (Å²) in [7, 11) is 1.47. The number of carbonyl (C=O) groups excluding carboxylic acids is 2.